The Hall–Kier alpha value is -3.18. The lowest BCUT2D eigenvalue weighted by molar-refractivity contribution is -0.129. The van der Waals surface area contributed by atoms with Crippen LogP contribution in [0.25, 0.3) is 0 Å². The number of nitrogens with zero attached hydrogens (tertiary/aromatic N) is 2. The molecule has 1 heterocycles. The number of benzene rings is 3. The molecule has 0 saturated carbocycles. The number of aliphatic imine (C=N–C) groups is 1. The molecule has 1 N–H and O–H groups in total. The Labute approximate surface area is 233 Å². The zero-order valence-corrected chi connectivity index (χ0v) is 23.2. The van der Waals surface area contributed by atoms with E-state index in [1.54, 1.807) is 36.1 Å². The van der Waals surface area contributed by atoms with Gasteiger partial charge in [-0.3, -0.25) is 14.5 Å². The second-order valence-electron chi connectivity index (χ2n) is 8.25. The predicted molar refractivity (Wildman–Crippen MR) is 155 cm³/mol. The number of amidine groups is 1. The number of ether oxygens (including phenoxy) is 1. The number of hydrogen-bond acceptors (Lipinski definition) is 6. The maximum atomic E-state index is 13.2. The first-order valence-corrected chi connectivity index (χ1v) is 13.8. The largest absolute Gasteiger partial charge is 0.462 e. The number of thioether (sulfide) groups is 1. The van der Waals surface area contributed by atoms with Crippen molar-refractivity contribution < 1.29 is 19.1 Å². The summed E-state index contributed by atoms with van der Waals surface area (Å²) in [6, 6.07) is 24.1. The molecule has 9 heteroatoms. The van der Waals surface area contributed by atoms with Crippen LogP contribution < -0.4 is 5.32 Å². The average Bonchev–Trinajstić information content (AvgIpc) is 2.90. The molecule has 1 atom stereocenters. The summed E-state index contributed by atoms with van der Waals surface area (Å²) >= 11 is 3.48. The molecule has 1 fully saturated rings. The molecule has 4 rings (SSSR count). The van der Waals surface area contributed by atoms with E-state index in [0.29, 0.717) is 41.7 Å². The molecule has 1 aliphatic heterocycles. The van der Waals surface area contributed by atoms with Crippen LogP contribution in [0.15, 0.2) is 83.9 Å². The molecule has 2 amide bonds. The van der Waals surface area contributed by atoms with E-state index in [2.05, 4.69) is 27.9 Å². The van der Waals surface area contributed by atoms with E-state index in [9.17, 15) is 14.4 Å². The van der Waals surface area contributed by atoms with E-state index in [0.717, 1.165) is 9.13 Å². The Balaban J connectivity index is 1.55. The number of halogens is 1. The van der Waals surface area contributed by atoms with Gasteiger partial charge in [0.25, 0.3) is 0 Å². The van der Waals surface area contributed by atoms with Crippen molar-refractivity contribution in [3.05, 3.63) is 93.6 Å². The van der Waals surface area contributed by atoms with E-state index >= 15 is 0 Å². The van der Waals surface area contributed by atoms with Crippen LogP contribution in [0.4, 0.5) is 11.4 Å². The van der Waals surface area contributed by atoms with Crippen LogP contribution in [0.1, 0.15) is 29.3 Å². The highest BCUT2D eigenvalue weighted by atomic mass is 127. The van der Waals surface area contributed by atoms with Crippen LogP contribution in [0, 0.1) is 3.57 Å². The molecular formula is C28H26IN3O4S. The third-order valence-corrected chi connectivity index (χ3v) is 7.52. The average molecular weight is 628 g/mol. The lowest BCUT2D eigenvalue weighted by Gasteiger charge is -2.32. The highest BCUT2D eigenvalue weighted by Crippen LogP contribution is 2.30. The van der Waals surface area contributed by atoms with Crippen molar-refractivity contribution in [2.24, 2.45) is 4.99 Å². The van der Waals surface area contributed by atoms with Crippen molar-refractivity contribution in [2.45, 2.75) is 25.0 Å². The summed E-state index contributed by atoms with van der Waals surface area (Å²) in [6.07, 6.45) is 0.740. The lowest BCUT2D eigenvalue weighted by atomic mass is 10.1. The monoisotopic (exact) mass is 627 g/mol. The summed E-state index contributed by atoms with van der Waals surface area (Å²) in [4.78, 5) is 44.6. The number of carbonyl (C=O) groups excluding carboxylic acids is 3. The van der Waals surface area contributed by atoms with Crippen LogP contribution in [0.2, 0.25) is 0 Å². The van der Waals surface area contributed by atoms with Crippen molar-refractivity contribution in [2.75, 3.05) is 18.5 Å². The van der Waals surface area contributed by atoms with Gasteiger partial charge in [-0.1, -0.05) is 42.1 Å². The standard InChI is InChI=1S/C28H26IN3O4S/c1-2-36-27(35)20-8-12-23(13-9-20)31-28-32(17-16-19-6-4-3-5-7-19)25(33)18-24(37-28)26(34)30-22-14-10-21(29)11-15-22/h3-15,24H,2,16-18H2,1H3,(H,30,34). The molecule has 1 saturated heterocycles. The molecule has 0 aliphatic carbocycles. The van der Waals surface area contributed by atoms with Gasteiger partial charge in [0.1, 0.15) is 5.25 Å². The van der Waals surface area contributed by atoms with E-state index in [-0.39, 0.29) is 18.2 Å². The molecule has 1 aliphatic rings. The summed E-state index contributed by atoms with van der Waals surface area (Å²) in [5, 5.41) is 2.75. The maximum absolute atomic E-state index is 13.2. The van der Waals surface area contributed by atoms with Gasteiger partial charge in [0.15, 0.2) is 5.17 Å². The zero-order chi connectivity index (χ0) is 26.2. The van der Waals surface area contributed by atoms with Gasteiger partial charge in [0.05, 0.1) is 17.9 Å². The Morgan fingerprint density at radius 1 is 1.05 bits per heavy atom. The van der Waals surface area contributed by atoms with Gasteiger partial charge in [-0.15, -0.1) is 0 Å². The topological polar surface area (TPSA) is 88.1 Å². The number of hydrogen-bond donors (Lipinski definition) is 1. The molecule has 0 spiro atoms. The molecule has 3 aromatic carbocycles. The normalized spacial score (nSPS) is 16.5. The van der Waals surface area contributed by atoms with Crippen LogP contribution in [-0.2, 0) is 20.7 Å². The van der Waals surface area contributed by atoms with Crippen LogP contribution >= 0.6 is 34.4 Å². The van der Waals surface area contributed by atoms with Gasteiger partial charge < -0.3 is 10.1 Å². The van der Waals surface area contributed by atoms with E-state index in [1.165, 1.54) is 11.8 Å². The SMILES string of the molecule is CCOC(=O)c1ccc(N=C2SC(C(=O)Nc3ccc(I)cc3)CC(=O)N2CCc2ccccc2)cc1. The minimum atomic E-state index is -0.614. The van der Waals surface area contributed by atoms with Crippen LogP contribution in [0.3, 0.4) is 0 Å². The van der Waals surface area contributed by atoms with Gasteiger partial charge in [-0.2, -0.15) is 0 Å². The Kier molecular flexibility index (Phi) is 9.34. The molecular weight excluding hydrogens is 601 g/mol. The molecule has 0 radical (unpaired) electrons. The Bertz CT molecular complexity index is 1280. The van der Waals surface area contributed by atoms with Crippen molar-refractivity contribution in [1.29, 1.82) is 0 Å². The van der Waals surface area contributed by atoms with Crippen LogP contribution in [-0.4, -0.2) is 46.3 Å². The van der Waals surface area contributed by atoms with Crippen molar-refractivity contribution >= 4 is 68.7 Å². The highest BCUT2D eigenvalue weighted by Gasteiger charge is 2.35. The quantitative estimate of drug-likeness (QED) is 0.257. The first-order chi connectivity index (χ1) is 17.9. The van der Waals surface area contributed by atoms with E-state index in [1.807, 2.05) is 54.6 Å². The molecule has 1 unspecified atom stereocenters. The van der Waals surface area contributed by atoms with Gasteiger partial charge in [-0.25, -0.2) is 9.79 Å². The van der Waals surface area contributed by atoms with Crippen molar-refractivity contribution in [3.8, 4) is 0 Å². The number of carbonyl (C=O) groups is 3. The number of esters is 1. The third-order valence-electron chi connectivity index (χ3n) is 5.61. The number of rotatable bonds is 8. The Morgan fingerprint density at radius 3 is 2.43 bits per heavy atom. The number of amides is 2. The lowest BCUT2D eigenvalue weighted by Crippen LogP contribution is -2.46. The second kappa shape index (κ2) is 12.9. The minimum absolute atomic E-state index is 0.0798. The Morgan fingerprint density at radius 2 is 1.76 bits per heavy atom. The van der Waals surface area contributed by atoms with Crippen molar-refractivity contribution in [3.63, 3.8) is 0 Å². The molecule has 37 heavy (non-hydrogen) atoms. The second-order valence-corrected chi connectivity index (χ2v) is 10.7. The number of anilines is 1. The smallest absolute Gasteiger partial charge is 0.338 e. The summed E-state index contributed by atoms with van der Waals surface area (Å²) in [7, 11) is 0. The fraction of sp³-hybridized carbons (Fsp3) is 0.214. The fourth-order valence-electron chi connectivity index (χ4n) is 3.70. The highest BCUT2D eigenvalue weighted by molar-refractivity contribution is 14.1. The molecule has 190 valence electrons. The molecule has 3 aromatic rings. The molecule has 7 nitrogen and oxygen atoms in total. The first kappa shape index (κ1) is 26.9. The predicted octanol–water partition coefficient (Wildman–Crippen LogP) is 5.67. The van der Waals surface area contributed by atoms with E-state index in [4.69, 9.17) is 9.73 Å². The summed E-state index contributed by atoms with van der Waals surface area (Å²) < 4.78 is 6.11. The van der Waals surface area contributed by atoms with E-state index < -0.39 is 11.2 Å². The number of nitrogens with one attached hydrogen (secondary N) is 1. The first-order valence-electron chi connectivity index (χ1n) is 11.9. The summed E-state index contributed by atoms with van der Waals surface area (Å²) in [5.41, 5.74) is 2.79. The van der Waals surface area contributed by atoms with Gasteiger partial charge in [-0.05, 0) is 90.0 Å². The summed E-state index contributed by atoms with van der Waals surface area (Å²) in [6.45, 7) is 2.50. The maximum Gasteiger partial charge on any atom is 0.338 e. The summed E-state index contributed by atoms with van der Waals surface area (Å²) in [5.74, 6) is -0.798. The fourth-order valence-corrected chi connectivity index (χ4v) is 5.18. The van der Waals surface area contributed by atoms with Gasteiger partial charge >= 0.3 is 5.97 Å². The van der Waals surface area contributed by atoms with Gasteiger partial charge in [0, 0.05) is 22.2 Å². The van der Waals surface area contributed by atoms with Crippen LogP contribution in [0.5, 0.6) is 0 Å². The van der Waals surface area contributed by atoms with Crippen molar-refractivity contribution in [1.82, 2.24) is 4.90 Å². The molecule has 0 aromatic heterocycles. The third kappa shape index (κ3) is 7.42. The minimum Gasteiger partial charge on any atom is -0.462 e. The zero-order valence-electron chi connectivity index (χ0n) is 20.2. The molecule has 0 bridgehead atoms. The van der Waals surface area contributed by atoms with Gasteiger partial charge in [0.2, 0.25) is 11.8 Å².